The van der Waals surface area contributed by atoms with Crippen molar-refractivity contribution in [3.8, 4) is 5.75 Å². The summed E-state index contributed by atoms with van der Waals surface area (Å²) in [6.07, 6.45) is -2.54. The fraction of sp³-hybridized carbons (Fsp3) is 0.647. The highest BCUT2D eigenvalue weighted by atomic mass is 32.2. The molecule has 0 spiro atoms. The van der Waals surface area contributed by atoms with Crippen LogP contribution in [0.3, 0.4) is 0 Å². The van der Waals surface area contributed by atoms with E-state index in [1.165, 1.54) is 12.1 Å². The Kier molecular flexibility index (Phi) is 6.92. The smallest absolute Gasteiger partial charge is 0.406 e. The molecule has 1 saturated heterocycles. The Labute approximate surface area is 152 Å². The van der Waals surface area contributed by atoms with E-state index in [0.29, 0.717) is 18.0 Å². The Hall–Kier alpha value is -1.32. The number of halogens is 3. The van der Waals surface area contributed by atoms with Crippen LogP contribution in [0.15, 0.2) is 24.3 Å². The monoisotopic (exact) mass is 394 g/mol. The van der Waals surface area contributed by atoms with Gasteiger partial charge in [-0.25, -0.2) is 13.1 Å². The molecule has 1 fully saturated rings. The molecule has 1 aliphatic heterocycles. The summed E-state index contributed by atoms with van der Waals surface area (Å²) in [5.74, 6) is 0.0438. The third kappa shape index (κ3) is 7.13. The van der Waals surface area contributed by atoms with Gasteiger partial charge in [-0.3, -0.25) is 4.90 Å². The minimum Gasteiger partial charge on any atom is -0.406 e. The highest BCUT2D eigenvalue weighted by molar-refractivity contribution is 7.88. The van der Waals surface area contributed by atoms with Gasteiger partial charge in [-0.15, -0.1) is 13.2 Å². The number of hydrogen-bond donors (Lipinski definition) is 1. The molecule has 1 N–H and O–H groups in total. The Bertz CT molecular complexity index is 669. The second-order valence-electron chi connectivity index (χ2n) is 6.87. The maximum atomic E-state index is 12.2. The molecule has 5 nitrogen and oxygen atoms in total. The predicted octanol–water partition coefficient (Wildman–Crippen LogP) is 3.13. The van der Waals surface area contributed by atoms with E-state index in [4.69, 9.17) is 0 Å². The number of piperidine rings is 1. The molecule has 0 aromatic heterocycles. The van der Waals surface area contributed by atoms with Crippen LogP contribution < -0.4 is 9.46 Å². The number of alkyl halides is 3. The summed E-state index contributed by atoms with van der Waals surface area (Å²) < 4.78 is 67.2. The molecule has 1 aromatic rings. The number of nitrogens with one attached hydrogen (secondary N) is 1. The predicted molar refractivity (Wildman–Crippen MR) is 93.2 cm³/mol. The van der Waals surface area contributed by atoms with Crippen LogP contribution in [0, 0.1) is 5.92 Å². The van der Waals surface area contributed by atoms with Crippen molar-refractivity contribution < 1.29 is 26.3 Å². The van der Waals surface area contributed by atoms with Crippen molar-refractivity contribution in [2.45, 2.75) is 44.8 Å². The third-order valence-electron chi connectivity index (χ3n) is 4.55. The Morgan fingerprint density at radius 3 is 2.35 bits per heavy atom. The van der Waals surface area contributed by atoms with Crippen LogP contribution in [0.1, 0.15) is 32.3 Å². The molecule has 1 atom stereocenters. The highest BCUT2D eigenvalue weighted by Gasteiger charge is 2.31. The number of rotatable bonds is 7. The van der Waals surface area contributed by atoms with Gasteiger partial charge in [0.05, 0.1) is 5.75 Å². The van der Waals surface area contributed by atoms with Gasteiger partial charge in [0.15, 0.2) is 0 Å². The fourth-order valence-corrected chi connectivity index (χ4v) is 4.13. The van der Waals surface area contributed by atoms with Crippen LogP contribution in [0.5, 0.6) is 5.75 Å². The molecule has 0 bridgehead atoms. The topological polar surface area (TPSA) is 58.6 Å². The van der Waals surface area contributed by atoms with Crippen molar-refractivity contribution in [1.82, 2.24) is 9.62 Å². The van der Waals surface area contributed by atoms with Crippen LogP contribution in [0.4, 0.5) is 13.2 Å². The number of likely N-dealkylation sites (tertiary alicyclic amines) is 1. The molecule has 1 aromatic carbocycles. The van der Waals surface area contributed by atoms with Crippen molar-refractivity contribution in [3.05, 3.63) is 29.8 Å². The van der Waals surface area contributed by atoms with Gasteiger partial charge in [-0.1, -0.05) is 19.1 Å². The number of benzene rings is 1. The summed E-state index contributed by atoms with van der Waals surface area (Å²) in [5, 5.41) is 0. The van der Waals surface area contributed by atoms with E-state index in [9.17, 15) is 21.6 Å². The second kappa shape index (κ2) is 8.58. The molecule has 148 valence electrons. The summed E-state index contributed by atoms with van der Waals surface area (Å²) in [4.78, 5) is 2.27. The van der Waals surface area contributed by atoms with E-state index < -0.39 is 16.4 Å². The van der Waals surface area contributed by atoms with E-state index in [0.717, 1.165) is 38.1 Å². The first-order valence-electron chi connectivity index (χ1n) is 8.60. The van der Waals surface area contributed by atoms with E-state index in [1.54, 1.807) is 0 Å². The second-order valence-corrected chi connectivity index (χ2v) is 8.67. The molecule has 0 saturated carbocycles. The van der Waals surface area contributed by atoms with Gasteiger partial charge in [0.1, 0.15) is 5.75 Å². The molecule has 9 heteroatoms. The summed E-state index contributed by atoms with van der Waals surface area (Å²) in [6, 6.07) is 4.94. The minimum absolute atomic E-state index is 0.0971. The normalized spacial score (nSPS) is 18.7. The van der Waals surface area contributed by atoms with Gasteiger partial charge in [0, 0.05) is 12.6 Å². The van der Waals surface area contributed by atoms with Crippen molar-refractivity contribution >= 4 is 10.0 Å². The summed E-state index contributed by atoms with van der Waals surface area (Å²) in [5.41, 5.74) is 0.395. The van der Waals surface area contributed by atoms with E-state index in [-0.39, 0.29) is 17.5 Å². The zero-order valence-electron chi connectivity index (χ0n) is 14.9. The lowest BCUT2D eigenvalue weighted by Gasteiger charge is -2.34. The molecule has 1 heterocycles. The van der Waals surface area contributed by atoms with Gasteiger partial charge in [0.25, 0.3) is 0 Å². The quantitative estimate of drug-likeness (QED) is 0.772. The molecule has 2 rings (SSSR count). The van der Waals surface area contributed by atoms with E-state index >= 15 is 0 Å². The van der Waals surface area contributed by atoms with E-state index in [2.05, 4.69) is 21.3 Å². The Morgan fingerprint density at radius 2 is 1.81 bits per heavy atom. The zero-order chi connectivity index (χ0) is 19.4. The van der Waals surface area contributed by atoms with Gasteiger partial charge >= 0.3 is 6.36 Å². The van der Waals surface area contributed by atoms with Crippen LogP contribution in [-0.4, -0.2) is 45.4 Å². The molecule has 26 heavy (non-hydrogen) atoms. The summed E-state index contributed by atoms with van der Waals surface area (Å²) >= 11 is 0. The lowest BCUT2D eigenvalue weighted by atomic mass is 9.98. The Morgan fingerprint density at radius 1 is 1.23 bits per heavy atom. The largest absolute Gasteiger partial charge is 0.573 e. The van der Waals surface area contributed by atoms with Crippen molar-refractivity contribution in [3.63, 3.8) is 0 Å². The van der Waals surface area contributed by atoms with Crippen LogP contribution in [-0.2, 0) is 15.8 Å². The molecule has 1 unspecified atom stereocenters. The zero-order valence-corrected chi connectivity index (χ0v) is 15.7. The molecular weight excluding hydrogens is 369 g/mol. The van der Waals surface area contributed by atoms with E-state index in [1.807, 2.05) is 6.92 Å². The first-order chi connectivity index (χ1) is 12.0. The minimum atomic E-state index is -4.77. The van der Waals surface area contributed by atoms with Gasteiger partial charge in [-0.05, 0) is 56.5 Å². The molecule has 0 aliphatic carbocycles. The standard InChI is InChI=1S/C17H25F3N2O3S/c1-13-7-9-22(10-8-13)14(2)11-21-26(23,24)12-15-3-5-16(6-4-15)25-17(18,19)20/h3-6,13-14,21H,7-12H2,1-2H3. The summed E-state index contributed by atoms with van der Waals surface area (Å²) in [6.45, 7) is 6.44. The SMILES string of the molecule is CC1CCN(C(C)CNS(=O)(=O)Cc2ccc(OC(F)(F)F)cc2)CC1. The van der Waals surface area contributed by atoms with Gasteiger partial charge in [-0.2, -0.15) is 0 Å². The lowest BCUT2D eigenvalue weighted by Crippen LogP contribution is -2.45. The van der Waals surface area contributed by atoms with Crippen molar-refractivity contribution in [1.29, 1.82) is 0 Å². The number of hydrogen-bond acceptors (Lipinski definition) is 4. The molecule has 1 aliphatic rings. The Balaban J connectivity index is 1.84. The van der Waals surface area contributed by atoms with Gasteiger partial charge < -0.3 is 4.74 Å². The first-order valence-corrected chi connectivity index (χ1v) is 10.3. The first kappa shape index (κ1) is 21.0. The average molecular weight is 394 g/mol. The highest BCUT2D eigenvalue weighted by Crippen LogP contribution is 2.23. The van der Waals surface area contributed by atoms with Crippen LogP contribution in [0.25, 0.3) is 0 Å². The molecular formula is C17H25F3N2O3S. The van der Waals surface area contributed by atoms with Crippen molar-refractivity contribution in [2.75, 3.05) is 19.6 Å². The van der Waals surface area contributed by atoms with Crippen molar-refractivity contribution in [2.24, 2.45) is 5.92 Å². The molecule has 0 amide bonds. The third-order valence-corrected chi connectivity index (χ3v) is 5.87. The summed E-state index contributed by atoms with van der Waals surface area (Å²) in [7, 11) is -3.57. The average Bonchev–Trinajstić information content (AvgIpc) is 2.54. The van der Waals surface area contributed by atoms with Crippen LogP contribution in [0.2, 0.25) is 0 Å². The van der Waals surface area contributed by atoms with Crippen LogP contribution >= 0.6 is 0 Å². The number of nitrogens with zero attached hydrogens (tertiary/aromatic N) is 1. The van der Waals surface area contributed by atoms with Gasteiger partial charge in [0.2, 0.25) is 10.0 Å². The molecule has 0 radical (unpaired) electrons. The lowest BCUT2D eigenvalue weighted by molar-refractivity contribution is -0.274. The fourth-order valence-electron chi connectivity index (χ4n) is 2.90. The maximum Gasteiger partial charge on any atom is 0.573 e. The maximum absolute atomic E-state index is 12.2. The number of sulfonamides is 1. The number of ether oxygens (including phenoxy) is 1.